The zero-order valence-electron chi connectivity index (χ0n) is 13.3. The number of carbonyl (C=O) groups excluding carboxylic acids is 1. The first-order chi connectivity index (χ1) is 8.06. The molecule has 0 aromatic rings. The third-order valence-electron chi connectivity index (χ3n) is 3.96. The SMILES string of the molecule is CCC[C@@H](O[Si](C)(C)C(C)(C)C)[C@H](C)C(=O)OC. The third kappa shape index (κ3) is 4.73. The van der Waals surface area contributed by atoms with Gasteiger partial charge in [-0.25, -0.2) is 0 Å². The number of methoxy groups -OCH3 is 1. The smallest absolute Gasteiger partial charge is 0.310 e. The Kier molecular flexibility index (Phi) is 6.58. The molecule has 0 spiro atoms. The Morgan fingerprint density at radius 3 is 2.11 bits per heavy atom. The van der Waals surface area contributed by atoms with Crippen molar-refractivity contribution in [3.8, 4) is 0 Å². The second kappa shape index (κ2) is 6.71. The standard InChI is InChI=1S/C14H30O3Si/c1-9-10-12(11(2)13(15)16-6)17-18(7,8)14(3,4)5/h11-12H,9-10H2,1-8H3/t11-,12+/m0/s1. The Morgan fingerprint density at radius 2 is 1.78 bits per heavy atom. The van der Waals surface area contributed by atoms with Crippen LogP contribution in [0.5, 0.6) is 0 Å². The molecule has 0 bridgehead atoms. The molecular formula is C14H30O3Si. The highest BCUT2D eigenvalue weighted by atomic mass is 28.4. The molecule has 0 radical (unpaired) electrons. The monoisotopic (exact) mass is 274 g/mol. The minimum Gasteiger partial charge on any atom is -0.469 e. The van der Waals surface area contributed by atoms with Crippen LogP contribution in [-0.4, -0.2) is 27.5 Å². The van der Waals surface area contributed by atoms with Crippen LogP contribution in [0.25, 0.3) is 0 Å². The van der Waals surface area contributed by atoms with E-state index in [1.165, 1.54) is 7.11 Å². The predicted molar refractivity (Wildman–Crippen MR) is 78.2 cm³/mol. The Hall–Kier alpha value is -0.353. The molecule has 2 atom stereocenters. The molecule has 0 fully saturated rings. The fourth-order valence-corrected chi connectivity index (χ4v) is 3.02. The van der Waals surface area contributed by atoms with Gasteiger partial charge in [0.1, 0.15) is 0 Å². The second-order valence-corrected chi connectivity index (χ2v) is 11.3. The predicted octanol–water partition coefficient (Wildman–Crippen LogP) is 3.99. The lowest BCUT2D eigenvalue weighted by molar-refractivity contribution is -0.148. The van der Waals surface area contributed by atoms with Gasteiger partial charge in [-0.1, -0.05) is 34.1 Å². The van der Waals surface area contributed by atoms with Crippen LogP contribution in [-0.2, 0) is 14.0 Å². The van der Waals surface area contributed by atoms with Crippen molar-refractivity contribution in [3.63, 3.8) is 0 Å². The van der Waals surface area contributed by atoms with Gasteiger partial charge in [-0.3, -0.25) is 4.79 Å². The Balaban J connectivity index is 4.88. The van der Waals surface area contributed by atoms with Crippen LogP contribution in [0.15, 0.2) is 0 Å². The highest BCUT2D eigenvalue weighted by molar-refractivity contribution is 6.74. The van der Waals surface area contributed by atoms with Gasteiger partial charge in [0.05, 0.1) is 19.1 Å². The molecule has 108 valence electrons. The van der Waals surface area contributed by atoms with Gasteiger partial charge in [0, 0.05) is 0 Å². The molecule has 0 saturated heterocycles. The maximum atomic E-state index is 11.7. The van der Waals surface area contributed by atoms with Gasteiger partial charge >= 0.3 is 5.97 Å². The first-order valence-corrected chi connectivity index (χ1v) is 9.73. The highest BCUT2D eigenvalue weighted by Crippen LogP contribution is 2.38. The molecule has 0 aliphatic carbocycles. The number of hydrogen-bond acceptors (Lipinski definition) is 3. The number of hydrogen-bond donors (Lipinski definition) is 0. The summed E-state index contributed by atoms with van der Waals surface area (Å²) in [5.41, 5.74) is 0. The molecular weight excluding hydrogens is 244 g/mol. The average molecular weight is 274 g/mol. The molecule has 4 heteroatoms. The molecule has 0 aromatic carbocycles. The van der Waals surface area contributed by atoms with Gasteiger partial charge in [-0.05, 0) is 31.5 Å². The minimum absolute atomic E-state index is 0.0247. The van der Waals surface area contributed by atoms with Gasteiger partial charge in [0.25, 0.3) is 0 Å². The van der Waals surface area contributed by atoms with E-state index in [2.05, 4.69) is 40.8 Å². The van der Waals surface area contributed by atoms with Gasteiger partial charge in [-0.15, -0.1) is 0 Å². The van der Waals surface area contributed by atoms with Crippen molar-refractivity contribution in [2.45, 2.75) is 71.7 Å². The minimum atomic E-state index is -1.83. The topological polar surface area (TPSA) is 35.5 Å². The molecule has 3 nitrogen and oxygen atoms in total. The summed E-state index contributed by atoms with van der Waals surface area (Å²) in [4.78, 5) is 11.7. The molecule has 0 saturated carbocycles. The summed E-state index contributed by atoms with van der Waals surface area (Å²) >= 11 is 0. The molecule has 0 aliphatic heterocycles. The normalized spacial score (nSPS) is 16.2. The van der Waals surface area contributed by atoms with E-state index in [4.69, 9.17) is 9.16 Å². The number of esters is 1. The molecule has 0 heterocycles. The zero-order chi connectivity index (χ0) is 14.6. The maximum absolute atomic E-state index is 11.7. The van der Waals surface area contributed by atoms with E-state index >= 15 is 0 Å². The fraction of sp³-hybridized carbons (Fsp3) is 0.929. The summed E-state index contributed by atoms with van der Waals surface area (Å²) in [6.45, 7) is 15.1. The summed E-state index contributed by atoms with van der Waals surface area (Å²) in [6.07, 6.45) is 1.90. The van der Waals surface area contributed by atoms with Gasteiger partial charge in [0.15, 0.2) is 8.32 Å². The van der Waals surface area contributed by atoms with Crippen molar-refractivity contribution in [1.82, 2.24) is 0 Å². The summed E-state index contributed by atoms with van der Waals surface area (Å²) in [6, 6.07) is 0. The van der Waals surface area contributed by atoms with Gasteiger partial charge in [-0.2, -0.15) is 0 Å². The quantitative estimate of drug-likeness (QED) is 0.543. The van der Waals surface area contributed by atoms with E-state index in [0.717, 1.165) is 12.8 Å². The molecule has 0 amide bonds. The highest BCUT2D eigenvalue weighted by Gasteiger charge is 2.41. The Bertz CT molecular complexity index is 269. The lowest BCUT2D eigenvalue weighted by Gasteiger charge is -2.40. The number of ether oxygens (including phenoxy) is 1. The molecule has 0 aromatic heterocycles. The first kappa shape index (κ1) is 17.6. The van der Waals surface area contributed by atoms with Crippen LogP contribution in [0.4, 0.5) is 0 Å². The van der Waals surface area contributed by atoms with E-state index in [1.807, 2.05) is 6.92 Å². The van der Waals surface area contributed by atoms with E-state index < -0.39 is 8.32 Å². The molecule has 0 rings (SSSR count). The van der Waals surface area contributed by atoms with Gasteiger partial charge in [0.2, 0.25) is 0 Å². The summed E-state index contributed by atoms with van der Waals surface area (Å²) < 4.78 is 11.2. The second-order valence-electron chi connectivity index (χ2n) is 6.52. The van der Waals surface area contributed by atoms with E-state index in [-0.39, 0.29) is 23.0 Å². The van der Waals surface area contributed by atoms with Crippen molar-refractivity contribution in [2.24, 2.45) is 5.92 Å². The number of carbonyl (C=O) groups is 1. The van der Waals surface area contributed by atoms with E-state index in [1.54, 1.807) is 0 Å². The third-order valence-corrected chi connectivity index (χ3v) is 8.46. The van der Waals surface area contributed by atoms with Crippen LogP contribution in [0.3, 0.4) is 0 Å². The van der Waals surface area contributed by atoms with E-state index in [9.17, 15) is 4.79 Å². The van der Waals surface area contributed by atoms with Crippen molar-refractivity contribution >= 4 is 14.3 Å². The zero-order valence-corrected chi connectivity index (χ0v) is 14.3. The summed E-state index contributed by atoms with van der Waals surface area (Å²) in [7, 11) is -0.396. The molecule has 0 N–H and O–H groups in total. The van der Waals surface area contributed by atoms with Crippen LogP contribution >= 0.6 is 0 Å². The van der Waals surface area contributed by atoms with Crippen molar-refractivity contribution in [2.75, 3.05) is 7.11 Å². The lowest BCUT2D eigenvalue weighted by Crippen LogP contribution is -2.46. The van der Waals surface area contributed by atoms with Gasteiger partial charge < -0.3 is 9.16 Å². The Labute approximate surface area is 113 Å². The molecule has 0 unspecified atom stereocenters. The van der Waals surface area contributed by atoms with Crippen molar-refractivity contribution in [1.29, 1.82) is 0 Å². The van der Waals surface area contributed by atoms with Crippen molar-refractivity contribution < 1.29 is 14.0 Å². The lowest BCUT2D eigenvalue weighted by atomic mass is 10.0. The first-order valence-electron chi connectivity index (χ1n) is 6.82. The largest absolute Gasteiger partial charge is 0.469 e. The Morgan fingerprint density at radius 1 is 1.28 bits per heavy atom. The van der Waals surface area contributed by atoms with Crippen LogP contribution in [0.1, 0.15) is 47.5 Å². The van der Waals surface area contributed by atoms with E-state index in [0.29, 0.717) is 0 Å². The van der Waals surface area contributed by atoms with Crippen molar-refractivity contribution in [3.05, 3.63) is 0 Å². The average Bonchev–Trinajstić information content (AvgIpc) is 2.24. The number of rotatable bonds is 6. The molecule has 0 aliphatic rings. The fourth-order valence-electron chi connectivity index (χ4n) is 1.59. The molecule has 18 heavy (non-hydrogen) atoms. The van der Waals surface area contributed by atoms with Crippen LogP contribution in [0.2, 0.25) is 18.1 Å². The van der Waals surface area contributed by atoms with Crippen LogP contribution < -0.4 is 0 Å². The van der Waals surface area contributed by atoms with Crippen LogP contribution in [0, 0.1) is 5.92 Å². The maximum Gasteiger partial charge on any atom is 0.310 e. The summed E-state index contributed by atoms with van der Waals surface area (Å²) in [5.74, 6) is -0.365. The summed E-state index contributed by atoms with van der Waals surface area (Å²) in [5, 5.41) is 0.162.